The van der Waals surface area contributed by atoms with Crippen molar-refractivity contribution in [1.82, 2.24) is 4.98 Å². The number of nitrogens with one attached hydrogen (secondary N) is 1. The SMILES string of the molecule is COc1cc2ccnc(NC(CO)C(=O)O)c2cc1OC. The van der Waals surface area contributed by atoms with E-state index in [1.165, 1.54) is 14.2 Å². The highest BCUT2D eigenvalue weighted by Gasteiger charge is 2.18. The zero-order valence-corrected chi connectivity index (χ0v) is 11.7. The summed E-state index contributed by atoms with van der Waals surface area (Å²) in [6.07, 6.45) is 1.55. The highest BCUT2D eigenvalue weighted by atomic mass is 16.5. The van der Waals surface area contributed by atoms with Crippen molar-refractivity contribution in [1.29, 1.82) is 0 Å². The molecule has 2 rings (SSSR count). The van der Waals surface area contributed by atoms with E-state index in [1.54, 1.807) is 24.4 Å². The Bertz CT molecular complexity index is 659. The van der Waals surface area contributed by atoms with Crippen LogP contribution in [0.3, 0.4) is 0 Å². The van der Waals surface area contributed by atoms with E-state index in [0.29, 0.717) is 22.7 Å². The smallest absolute Gasteiger partial charge is 0.328 e. The molecule has 21 heavy (non-hydrogen) atoms. The van der Waals surface area contributed by atoms with Crippen molar-refractivity contribution < 1.29 is 24.5 Å². The quantitative estimate of drug-likeness (QED) is 0.733. The van der Waals surface area contributed by atoms with Crippen LogP contribution in [0.2, 0.25) is 0 Å². The zero-order valence-electron chi connectivity index (χ0n) is 11.7. The number of aliphatic carboxylic acids is 1. The number of nitrogens with zero attached hydrogens (tertiary/aromatic N) is 1. The van der Waals surface area contributed by atoms with Gasteiger partial charge >= 0.3 is 5.97 Å². The molecule has 0 aliphatic heterocycles. The largest absolute Gasteiger partial charge is 0.493 e. The van der Waals surface area contributed by atoms with Crippen LogP contribution in [0.1, 0.15) is 0 Å². The van der Waals surface area contributed by atoms with Crippen LogP contribution < -0.4 is 14.8 Å². The van der Waals surface area contributed by atoms with Crippen LogP contribution in [0, 0.1) is 0 Å². The number of hydrogen-bond donors (Lipinski definition) is 3. The third-order valence-corrected chi connectivity index (χ3v) is 3.06. The van der Waals surface area contributed by atoms with Gasteiger partial charge in [-0.3, -0.25) is 0 Å². The molecule has 0 saturated carbocycles. The second kappa shape index (κ2) is 6.27. The summed E-state index contributed by atoms with van der Waals surface area (Å²) in [5.41, 5.74) is 0. The number of pyridine rings is 1. The monoisotopic (exact) mass is 292 g/mol. The number of hydrogen-bond acceptors (Lipinski definition) is 6. The van der Waals surface area contributed by atoms with Gasteiger partial charge in [0.15, 0.2) is 11.5 Å². The van der Waals surface area contributed by atoms with Gasteiger partial charge in [-0.1, -0.05) is 0 Å². The minimum Gasteiger partial charge on any atom is -0.493 e. The Hall–Kier alpha value is -2.54. The third-order valence-electron chi connectivity index (χ3n) is 3.06. The van der Waals surface area contributed by atoms with Crippen LogP contribution in [0.4, 0.5) is 5.82 Å². The number of methoxy groups -OCH3 is 2. The van der Waals surface area contributed by atoms with Crippen molar-refractivity contribution >= 4 is 22.6 Å². The normalized spacial score (nSPS) is 12.0. The molecule has 0 fully saturated rings. The number of aliphatic hydroxyl groups is 1. The summed E-state index contributed by atoms with van der Waals surface area (Å²) < 4.78 is 10.5. The van der Waals surface area contributed by atoms with Gasteiger partial charge in [0.2, 0.25) is 0 Å². The van der Waals surface area contributed by atoms with E-state index in [4.69, 9.17) is 19.7 Å². The number of anilines is 1. The molecule has 1 aromatic carbocycles. The highest BCUT2D eigenvalue weighted by molar-refractivity contribution is 5.95. The molecule has 2 aromatic rings. The first-order valence-corrected chi connectivity index (χ1v) is 6.21. The summed E-state index contributed by atoms with van der Waals surface area (Å²) in [7, 11) is 3.05. The maximum atomic E-state index is 11.0. The molecule has 0 radical (unpaired) electrons. The van der Waals surface area contributed by atoms with E-state index >= 15 is 0 Å². The molecule has 0 aliphatic carbocycles. The minimum absolute atomic E-state index is 0.356. The van der Waals surface area contributed by atoms with Crippen molar-refractivity contribution in [2.75, 3.05) is 26.1 Å². The van der Waals surface area contributed by atoms with Crippen LogP contribution in [0.5, 0.6) is 11.5 Å². The van der Waals surface area contributed by atoms with Crippen LogP contribution in [-0.4, -0.2) is 48.0 Å². The molecule has 1 aromatic heterocycles. The number of carboxylic acid groups (broad SMARTS) is 1. The van der Waals surface area contributed by atoms with Crippen LogP contribution >= 0.6 is 0 Å². The summed E-state index contributed by atoms with van der Waals surface area (Å²) in [5, 5.41) is 22.3. The number of aliphatic hydroxyl groups excluding tert-OH is 1. The van der Waals surface area contributed by atoms with E-state index in [2.05, 4.69) is 10.3 Å². The maximum Gasteiger partial charge on any atom is 0.328 e. The second-order valence-corrected chi connectivity index (χ2v) is 4.31. The number of ether oxygens (including phenoxy) is 2. The Kier molecular flexibility index (Phi) is 4.44. The van der Waals surface area contributed by atoms with Gasteiger partial charge in [-0.05, 0) is 23.6 Å². The predicted octanol–water partition coefficient (Wildman–Crippen LogP) is 1.11. The molecule has 0 spiro atoms. The van der Waals surface area contributed by atoms with Gasteiger partial charge in [0.1, 0.15) is 11.9 Å². The van der Waals surface area contributed by atoms with Crippen molar-refractivity contribution in [2.24, 2.45) is 0 Å². The van der Waals surface area contributed by atoms with Gasteiger partial charge in [0.25, 0.3) is 0 Å². The number of carboxylic acids is 1. The molecule has 0 bridgehead atoms. The third kappa shape index (κ3) is 2.97. The Morgan fingerprint density at radius 1 is 1.33 bits per heavy atom. The van der Waals surface area contributed by atoms with Gasteiger partial charge in [-0.15, -0.1) is 0 Å². The van der Waals surface area contributed by atoms with Crippen molar-refractivity contribution in [3.63, 3.8) is 0 Å². The standard InChI is InChI=1S/C14H16N2O5/c1-20-11-5-8-3-4-15-13(9(8)6-12(11)21-2)16-10(7-17)14(18)19/h3-6,10,17H,7H2,1-2H3,(H,15,16)(H,18,19). The summed E-state index contributed by atoms with van der Waals surface area (Å²) in [6.45, 7) is -0.541. The highest BCUT2D eigenvalue weighted by Crippen LogP contribution is 2.34. The molecular formula is C14H16N2O5. The molecule has 7 heteroatoms. The Morgan fingerprint density at radius 2 is 2.00 bits per heavy atom. The number of aromatic nitrogens is 1. The van der Waals surface area contributed by atoms with E-state index in [-0.39, 0.29) is 0 Å². The van der Waals surface area contributed by atoms with Crippen molar-refractivity contribution in [3.8, 4) is 11.5 Å². The first-order valence-electron chi connectivity index (χ1n) is 6.21. The molecule has 3 N–H and O–H groups in total. The molecule has 1 unspecified atom stereocenters. The van der Waals surface area contributed by atoms with E-state index in [1.807, 2.05) is 0 Å². The first kappa shape index (κ1) is 14.9. The van der Waals surface area contributed by atoms with Gasteiger partial charge in [0.05, 0.1) is 20.8 Å². The topological polar surface area (TPSA) is 101 Å². The molecule has 0 aliphatic rings. The zero-order chi connectivity index (χ0) is 15.4. The van der Waals surface area contributed by atoms with Crippen LogP contribution in [0.15, 0.2) is 24.4 Å². The molecule has 0 saturated heterocycles. The van der Waals surface area contributed by atoms with Crippen molar-refractivity contribution in [2.45, 2.75) is 6.04 Å². The lowest BCUT2D eigenvalue weighted by molar-refractivity contribution is -0.138. The van der Waals surface area contributed by atoms with E-state index in [0.717, 1.165) is 5.39 Å². The molecule has 1 heterocycles. The lowest BCUT2D eigenvalue weighted by Crippen LogP contribution is -2.33. The lowest BCUT2D eigenvalue weighted by Gasteiger charge is -2.15. The summed E-state index contributed by atoms with van der Waals surface area (Å²) in [4.78, 5) is 15.1. The van der Waals surface area contributed by atoms with Crippen LogP contribution in [-0.2, 0) is 4.79 Å². The van der Waals surface area contributed by atoms with Gasteiger partial charge in [-0.2, -0.15) is 0 Å². The molecule has 1 atom stereocenters. The fraction of sp³-hybridized carbons (Fsp3) is 0.286. The summed E-state index contributed by atoms with van der Waals surface area (Å²) in [5.74, 6) is 0.280. The maximum absolute atomic E-state index is 11.0. The van der Waals surface area contributed by atoms with Gasteiger partial charge < -0.3 is 25.0 Å². The predicted molar refractivity (Wildman–Crippen MR) is 77.0 cm³/mol. The van der Waals surface area contributed by atoms with Gasteiger partial charge in [-0.25, -0.2) is 9.78 Å². The fourth-order valence-electron chi connectivity index (χ4n) is 1.96. The van der Waals surface area contributed by atoms with Crippen molar-refractivity contribution in [3.05, 3.63) is 24.4 Å². The second-order valence-electron chi connectivity index (χ2n) is 4.31. The Morgan fingerprint density at radius 3 is 2.57 bits per heavy atom. The molecular weight excluding hydrogens is 276 g/mol. The average molecular weight is 292 g/mol. The number of fused-ring (bicyclic) bond motifs is 1. The molecule has 0 amide bonds. The molecule has 7 nitrogen and oxygen atoms in total. The van der Waals surface area contributed by atoms with E-state index in [9.17, 15) is 4.79 Å². The summed E-state index contributed by atoms with van der Waals surface area (Å²) in [6, 6.07) is 4.13. The number of benzene rings is 1. The van der Waals surface area contributed by atoms with Gasteiger partial charge in [0, 0.05) is 11.6 Å². The average Bonchev–Trinajstić information content (AvgIpc) is 2.50. The van der Waals surface area contributed by atoms with E-state index < -0.39 is 18.6 Å². The minimum atomic E-state index is -1.16. The Labute approximate surface area is 121 Å². The lowest BCUT2D eigenvalue weighted by atomic mass is 10.1. The first-order chi connectivity index (χ1) is 10.1. The Balaban J connectivity index is 2.51. The van der Waals surface area contributed by atoms with Crippen LogP contribution in [0.25, 0.3) is 10.8 Å². The summed E-state index contributed by atoms with van der Waals surface area (Å²) >= 11 is 0. The fourth-order valence-corrected chi connectivity index (χ4v) is 1.96. The molecule has 112 valence electrons. The number of carbonyl (C=O) groups is 1. The number of rotatable bonds is 6.